The van der Waals surface area contributed by atoms with Gasteiger partial charge in [-0.15, -0.1) is 0 Å². The van der Waals surface area contributed by atoms with Crippen LogP contribution in [0.25, 0.3) is 0 Å². The molecule has 0 aliphatic carbocycles. The minimum absolute atomic E-state index is 0.477. The predicted octanol–water partition coefficient (Wildman–Crippen LogP) is 31.6. The van der Waals surface area contributed by atoms with Gasteiger partial charge in [0.05, 0.1) is 0 Å². The summed E-state index contributed by atoms with van der Waals surface area (Å²) in [5.41, 5.74) is 17.1. The standard InChI is InChI=1S/2C25H46.2C19H36/c2*1-10-13-21(4)23(6)16-17-24(7)22(5)15-12-14-20(3)18-19-25(8,9)11-2;2*1-8-11-17(4)18(5)13-10-12-16(3)14-15-19(6,7)9-2/h14-16,21,24H,10-13,17-19H2,1-9H3;14,21,24H,5-6,10-13,15-19H2,1-4,7-9H3;12-13,17H,8-11,14-15H2,1-7H3;12,17H,5,8-11,13-15H2,1-4,6-7H3/b20-14+,22-15+,23-16+;20-14+;16-12+,18-13+;16-12+. The highest BCUT2D eigenvalue weighted by Gasteiger charge is 2.18. The topological polar surface area (TPSA) is 0 Å². The lowest BCUT2D eigenvalue weighted by Crippen LogP contribution is -2.09. The summed E-state index contributed by atoms with van der Waals surface area (Å²) >= 11 is 0. The number of hydrogen-bond donors (Lipinski definition) is 0. The van der Waals surface area contributed by atoms with Crippen LogP contribution in [0.4, 0.5) is 0 Å². The van der Waals surface area contributed by atoms with E-state index >= 15 is 0 Å². The van der Waals surface area contributed by atoms with E-state index < -0.39 is 0 Å². The lowest BCUT2D eigenvalue weighted by Gasteiger charge is -2.22. The lowest BCUT2D eigenvalue weighted by molar-refractivity contribution is 0.322. The van der Waals surface area contributed by atoms with E-state index in [1.165, 1.54) is 170 Å². The van der Waals surface area contributed by atoms with Crippen molar-refractivity contribution in [2.45, 2.75) is 387 Å². The molecule has 6 unspecified atom stereocenters. The van der Waals surface area contributed by atoms with Crippen molar-refractivity contribution in [2.24, 2.45) is 57.2 Å². The van der Waals surface area contributed by atoms with E-state index in [0.29, 0.717) is 45.3 Å². The van der Waals surface area contributed by atoms with E-state index in [9.17, 15) is 0 Å². The molecule has 0 heteroatoms. The Labute approximate surface area is 559 Å². The maximum absolute atomic E-state index is 4.35. The third-order valence-electron chi connectivity index (χ3n) is 21.3. The van der Waals surface area contributed by atoms with Crippen molar-refractivity contribution >= 4 is 0 Å². The Bertz CT molecular complexity index is 2010. The van der Waals surface area contributed by atoms with Crippen LogP contribution in [0.15, 0.2) is 118 Å². The first-order chi connectivity index (χ1) is 40.9. The average molecular weight is 1220 g/mol. The molecule has 88 heavy (non-hydrogen) atoms. The van der Waals surface area contributed by atoms with E-state index in [-0.39, 0.29) is 0 Å². The summed E-state index contributed by atoms with van der Waals surface area (Å²) in [7, 11) is 0. The van der Waals surface area contributed by atoms with Gasteiger partial charge in [0, 0.05) is 0 Å². The van der Waals surface area contributed by atoms with Gasteiger partial charge in [0.1, 0.15) is 0 Å². The second-order valence-corrected chi connectivity index (χ2v) is 32.0. The van der Waals surface area contributed by atoms with Crippen molar-refractivity contribution < 1.29 is 0 Å². The van der Waals surface area contributed by atoms with Gasteiger partial charge in [-0.2, -0.15) is 0 Å². The second-order valence-electron chi connectivity index (χ2n) is 32.0. The van der Waals surface area contributed by atoms with Crippen molar-refractivity contribution in [1.29, 1.82) is 0 Å². The van der Waals surface area contributed by atoms with Gasteiger partial charge in [-0.3, -0.25) is 0 Å². The summed E-state index contributed by atoms with van der Waals surface area (Å²) in [5.74, 6) is 4.10. The van der Waals surface area contributed by atoms with Gasteiger partial charge in [0.25, 0.3) is 0 Å². The Kier molecular flexibility index (Phi) is 55.1. The summed E-state index contributed by atoms with van der Waals surface area (Å²) in [6, 6.07) is 0. The highest BCUT2D eigenvalue weighted by Crippen LogP contribution is 2.33. The molecule has 0 amide bonds. The zero-order chi connectivity index (χ0) is 68.7. The van der Waals surface area contributed by atoms with Crippen LogP contribution in [-0.4, -0.2) is 0 Å². The second kappa shape index (κ2) is 52.8. The fraction of sp³-hybridized carbons (Fsp3) is 0.773. The molecule has 0 aliphatic heterocycles. The number of hydrogen-bond acceptors (Lipinski definition) is 0. The molecular formula is C88H164. The van der Waals surface area contributed by atoms with Gasteiger partial charge in [-0.25, -0.2) is 0 Å². The fourth-order valence-electron chi connectivity index (χ4n) is 10.3. The van der Waals surface area contributed by atoms with Crippen LogP contribution in [-0.2, 0) is 0 Å². The Morgan fingerprint density at radius 3 is 0.841 bits per heavy atom. The summed E-state index contributed by atoms with van der Waals surface area (Å²) in [6.45, 7) is 80.2. The summed E-state index contributed by atoms with van der Waals surface area (Å²) < 4.78 is 0. The molecule has 0 fully saturated rings. The van der Waals surface area contributed by atoms with Crippen molar-refractivity contribution in [3.05, 3.63) is 118 Å². The van der Waals surface area contributed by atoms with E-state index in [1.54, 1.807) is 33.4 Å². The summed E-state index contributed by atoms with van der Waals surface area (Å²) in [6.07, 6.45) is 52.8. The molecule has 0 bridgehead atoms. The Morgan fingerprint density at radius 1 is 0.295 bits per heavy atom. The van der Waals surface area contributed by atoms with Crippen LogP contribution in [0, 0.1) is 57.2 Å². The molecular weight excluding hydrogens is 1060 g/mol. The number of rotatable bonds is 45. The monoisotopic (exact) mass is 1220 g/mol. The van der Waals surface area contributed by atoms with Crippen molar-refractivity contribution in [2.75, 3.05) is 0 Å². The Morgan fingerprint density at radius 2 is 0.545 bits per heavy atom. The van der Waals surface area contributed by atoms with Crippen molar-refractivity contribution in [3.8, 4) is 0 Å². The van der Waals surface area contributed by atoms with Crippen LogP contribution in [0.2, 0.25) is 0 Å². The molecule has 0 aromatic rings. The molecule has 0 saturated carbocycles. The van der Waals surface area contributed by atoms with Gasteiger partial charge in [0.15, 0.2) is 0 Å². The van der Waals surface area contributed by atoms with Gasteiger partial charge in [0.2, 0.25) is 0 Å². The van der Waals surface area contributed by atoms with Crippen LogP contribution < -0.4 is 0 Å². The zero-order valence-corrected chi connectivity index (χ0v) is 66.1. The highest BCUT2D eigenvalue weighted by atomic mass is 14.2. The zero-order valence-electron chi connectivity index (χ0n) is 66.1. The third kappa shape index (κ3) is 53.0. The average Bonchev–Trinajstić information content (AvgIpc) is 3.50. The molecule has 0 spiro atoms. The van der Waals surface area contributed by atoms with Gasteiger partial charge < -0.3 is 0 Å². The van der Waals surface area contributed by atoms with E-state index in [2.05, 4.69) is 263 Å². The molecule has 6 atom stereocenters. The molecule has 0 heterocycles. The molecule has 516 valence electrons. The van der Waals surface area contributed by atoms with Crippen LogP contribution >= 0.6 is 0 Å². The summed E-state index contributed by atoms with van der Waals surface area (Å²) in [4.78, 5) is 0. The number of allylic oxidation sites excluding steroid dienone is 17. The largest absolute Gasteiger partial charge is 0.0996 e. The predicted molar refractivity (Wildman–Crippen MR) is 413 cm³/mol. The molecule has 0 N–H and O–H groups in total. The Hall–Kier alpha value is -2.60. The first-order valence-corrected chi connectivity index (χ1v) is 37.5. The SMILES string of the molecule is C=C(CC/C=C(\C)CCC(C)(C)CC)C(C)CCC.C=C(CCC(C)C(=C)CC/C=C(\C)CCC(C)(C)CC)C(C)CCC.CCCC(C)/C(C)=C/C/C=C(\C)CCC(C)(C)CC.CCCC(C)/C(C)=C/CC(C)/C(C)=C/C/C=C(\C)CCC(C)(C)CC. The maximum atomic E-state index is 4.35. The van der Waals surface area contributed by atoms with Crippen molar-refractivity contribution in [1.82, 2.24) is 0 Å². The van der Waals surface area contributed by atoms with E-state index in [1.807, 2.05) is 0 Å². The summed E-state index contributed by atoms with van der Waals surface area (Å²) in [5, 5.41) is 0. The van der Waals surface area contributed by atoms with Crippen LogP contribution in [0.3, 0.4) is 0 Å². The molecule has 0 aliphatic rings. The smallest absolute Gasteiger partial charge is 0.0164 e. The van der Waals surface area contributed by atoms with Crippen molar-refractivity contribution in [3.63, 3.8) is 0 Å². The van der Waals surface area contributed by atoms with Crippen LogP contribution in [0.5, 0.6) is 0 Å². The lowest BCUT2D eigenvalue weighted by atomic mass is 9.84. The Balaban J connectivity index is -0.000000539. The normalized spacial score (nSPS) is 15.6. The maximum Gasteiger partial charge on any atom is -0.0164 e. The van der Waals surface area contributed by atoms with Gasteiger partial charge in [-0.05, 0) is 240 Å². The molecule has 0 saturated heterocycles. The quantitative estimate of drug-likeness (QED) is 0.0533. The third-order valence-corrected chi connectivity index (χ3v) is 21.3. The van der Waals surface area contributed by atoms with Crippen LogP contribution in [0.1, 0.15) is 387 Å². The highest BCUT2D eigenvalue weighted by molar-refractivity contribution is 5.13. The molecule has 0 aromatic heterocycles. The van der Waals surface area contributed by atoms with Gasteiger partial charge in [-0.1, -0.05) is 322 Å². The first-order valence-electron chi connectivity index (χ1n) is 37.5. The molecule has 0 nitrogen and oxygen atoms in total. The molecule has 0 rings (SSSR count). The van der Waals surface area contributed by atoms with Gasteiger partial charge >= 0.3 is 0 Å². The van der Waals surface area contributed by atoms with E-state index in [4.69, 9.17) is 0 Å². The first kappa shape index (κ1) is 91.8. The van der Waals surface area contributed by atoms with E-state index in [0.717, 1.165) is 50.4 Å². The minimum Gasteiger partial charge on any atom is -0.0996 e. The fourth-order valence-corrected chi connectivity index (χ4v) is 10.3. The molecule has 0 aromatic carbocycles. The molecule has 0 radical (unpaired) electrons. The minimum atomic E-state index is 0.477.